The Bertz CT molecular complexity index is 2810. The monoisotopic (exact) mass is 1080 g/mol. The minimum Gasteiger partial charge on any atom is -0.457 e. The maximum atomic E-state index is 17.7. The molecule has 0 amide bonds. The van der Waals surface area contributed by atoms with E-state index in [1.54, 1.807) is 0 Å². The molecule has 12 atom stereocenters. The molecule has 12 nitrogen and oxygen atoms in total. The highest BCUT2D eigenvalue weighted by Crippen LogP contribution is 2.63. The topological polar surface area (TPSA) is 116 Å². The number of likely N-dealkylation sites (N-methyl/N-ethyl adjacent to an activating group) is 2. The SMILES string of the molecule is CCC12C(=O)C34C5C[C@H](Cc6ccc(Cl)cc6)N(C)C3[C@@H](COC)NC4[C@H](C)N(Cc3ccc(Cl)cc3Oc3ccc(-c4cnc(CN6CCCC6)n4C)cc3)C1C[C@@H](Cc1ccccc1)C2N(C)[C@@H](CCCCN)CN5. The van der Waals surface area contributed by atoms with E-state index in [2.05, 4.69) is 143 Å². The van der Waals surface area contributed by atoms with Crippen molar-refractivity contribution in [2.24, 2.45) is 29.5 Å². The number of methoxy groups -OCH3 is 1. The second-order valence-corrected chi connectivity index (χ2v) is 24.7. The molecule has 0 radical (unpaired) electrons. The molecular formula is C63H83Cl2N9O3. The molecule has 4 N–H and O–H groups in total. The zero-order valence-corrected chi connectivity index (χ0v) is 47.9. The summed E-state index contributed by atoms with van der Waals surface area (Å²) in [5.41, 5.74) is 10.5. The molecule has 5 aliphatic heterocycles. The fraction of sp³-hybridized carbons (Fsp3) is 0.556. The third kappa shape index (κ3) is 10.0. The average Bonchev–Trinajstić information content (AvgIpc) is 4.43. The number of aromatic nitrogens is 2. The van der Waals surface area contributed by atoms with Crippen LogP contribution in [-0.4, -0.2) is 143 Å². The van der Waals surface area contributed by atoms with Gasteiger partial charge in [-0.05, 0) is 164 Å². The van der Waals surface area contributed by atoms with Crippen LogP contribution in [0.3, 0.4) is 0 Å². The second kappa shape index (κ2) is 23.1. The lowest BCUT2D eigenvalue weighted by Crippen LogP contribution is -2.73. The molecule has 6 heterocycles. The van der Waals surface area contributed by atoms with Gasteiger partial charge in [-0.15, -0.1) is 0 Å². The van der Waals surface area contributed by atoms with Crippen LogP contribution in [0, 0.1) is 16.7 Å². The smallest absolute Gasteiger partial charge is 0.153 e. The van der Waals surface area contributed by atoms with Gasteiger partial charge in [0.15, 0.2) is 5.78 Å². The fourth-order valence-electron chi connectivity index (χ4n) is 16.3. The first-order chi connectivity index (χ1) is 37.4. The molecular weight excluding hydrogens is 1000 g/mol. The van der Waals surface area contributed by atoms with Crippen molar-refractivity contribution in [1.29, 1.82) is 0 Å². The van der Waals surface area contributed by atoms with Crippen molar-refractivity contribution < 1.29 is 14.3 Å². The van der Waals surface area contributed by atoms with E-state index in [0.717, 1.165) is 117 Å². The lowest BCUT2D eigenvalue weighted by molar-refractivity contribution is -0.154. The number of Topliss-reactive ketones (excluding diaryl/α,β-unsaturated/α-hetero) is 1. The molecule has 77 heavy (non-hydrogen) atoms. The Balaban J connectivity index is 1.02. The van der Waals surface area contributed by atoms with Gasteiger partial charge in [0, 0.05) is 103 Å². The highest BCUT2D eigenvalue weighted by molar-refractivity contribution is 6.31. The Kier molecular flexibility index (Phi) is 16.4. The van der Waals surface area contributed by atoms with Gasteiger partial charge in [-0.3, -0.25) is 24.4 Å². The molecule has 2 bridgehead atoms. The second-order valence-electron chi connectivity index (χ2n) is 23.8. The van der Waals surface area contributed by atoms with Crippen molar-refractivity contribution in [3.8, 4) is 22.8 Å². The van der Waals surface area contributed by atoms with Crippen molar-refractivity contribution in [3.63, 3.8) is 0 Å². The Morgan fingerprint density at radius 1 is 0.831 bits per heavy atom. The number of imidazole rings is 1. The molecule has 1 saturated carbocycles. The van der Waals surface area contributed by atoms with Crippen LogP contribution in [0.25, 0.3) is 11.3 Å². The maximum Gasteiger partial charge on any atom is 0.153 e. The Hall–Kier alpha value is -4.18. The Morgan fingerprint density at radius 2 is 1.56 bits per heavy atom. The lowest BCUT2D eigenvalue weighted by atomic mass is 9.54. The molecule has 7 unspecified atom stereocenters. The normalized spacial score (nSPS) is 31.7. The van der Waals surface area contributed by atoms with Gasteiger partial charge in [0.2, 0.25) is 0 Å². The van der Waals surface area contributed by atoms with Crippen LogP contribution in [0.4, 0.5) is 0 Å². The first-order valence-corrected chi connectivity index (χ1v) is 29.7. The number of likely N-dealkylation sites (tertiary alicyclic amines) is 3. The molecule has 5 saturated heterocycles. The Morgan fingerprint density at radius 3 is 2.29 bits per heavy atom. The van der Waals surface area contributed by atoms with Crippen LogP contribution in [0.1, 0.15) is 87.7 Å². The first kappa shape index (κ1) is 54.8. The van der Waals surface area contributed by atoms with Gasteiger partial charge in [0.25, 0.3) is 0 Å². The molecule has 1 aromatic heterocycles. The van der Waals surface area contributed by atoms with Crippen LogP contribution in [0.15, 0.2) is 103 Å². The number of nitrogens with one attached hydrogen (secondary N) is 2. The zero-order valence-electron chi connectivity index (χ0n) is 46.4. The van der Waals surface area contributed by atoms with E-state index < -0.39 is 10.8 Å². The van der Waals surface area contributed by atoms with E-state index in [1.807, 2.05) is 37.6 Å². The maximum absolute atomic E-state index is 17.7. The molecule has 5 aromatic rings. The molecule has 6 fully saturated rings. The number of nitrogens with zero attached hydrogens (tertiary/aromatic N) is 6. The Labute approximate surface area is 468 Å². The highest BCUT2D eigenvalue weighted by Gasteiger charge is 2.77. The number of hydrogen-bond donors (Lipinski definition) is 3. The van der Waals surface area contributed by atoms with E-state index in [0.29, 0.717) is 30.5 Å². The van der Waals surface area contributed by atoms with Gasteiger partial charge in [0.05, 0.1) is 35.9 Å². The van der Waals surface area contributed by atoms with E-state index in [-0.39, 0.29) is 60.3 Å². The number of piperidine rings is 1. The quantitative estimate of drug-likeness (QED) is 0.0729. The van der Waals surface area contributed by atoms with Crippen molar-refractivity contribution in [1.82, 2.24) is 39.8 Å². The summed E-state index contributed by atoms with van der Waals surface area (Å²) in [5.74, 6) is 3.19. The third-order valence-corrected chi connectivity index (χ3v) is 20.4. The summed E-state index contributed by atoms with van der Waals surface area (Å²) >= 11 is 13.4. The number of unbranched alkanes of at least 4 members (excludes halogenated alkanes) is 1. The number of hydrogen-bond acceptors (Lipinski definition) is 11. The predicted molar refractivity (Wildman–Crippen MR) is 310 cm³/mol. The lowest BCUT2D eigenvalue weighted by Gasteiger charge is -2.57. The number of benzene rings is 4. The average molecular weight is 1090 g/mol. The summed E-state index contributed by atoms with van der Waals surface area (Å²) < 4.78 is 15.4. The van der Waals surface area contributed by atoms with E-state index in [1.165, 1.54) is 24.0 Å². The standard InChI is InChI=1S/C63H83Cl2N9O3/c1-7-62-56-33-46(31-42-15-9-8-10-16-42)59(62)70(3)49(17-11-12-28-66)36-67-55-35-50(32-43-18-23-47(64)24-19-43)71(4)60-52(40-76-6)69-58(63(55,60)61(62)75)41(2)74(56)38-45-20-25-48(65)34-54(45)77-51-26-21-44(22-27-51)53-37-68-57(72(53)5)39-73-29-13-14-30-73/h8-10,15-16,18-27,34,37,41,46,49-50,52,55-56,58-60,67,69H,7,11-14,17,28-33,35-36,38-40,66H2,1-6H3/t41-,46+,49-,50-,52+,55?,56?,58?,59?,60?,62?,63?/m0/s1. The molecule has 1 spiro atoms. The molecule has 412 valence electrons. The number of nitrogens with two attached hydrogens (primary N) is 1. The molecule has 14 heteroatoms. The summed E-state index contributed by atoms with van der Waals surface area (Å²) in [5, 5.41) is 9.97. The number of ketones is 1. The van der Waals surface area contributed by atoms with Crippen molar-refractivity contribution >= 4 is 29.0 Å². The minimum atomic E-state index is -0.798. The molecule has 11 rings (SSSR count). The van der Waals surface area contributed by atoms with Crippen LogP contribution in [-0.2, 0) is 42.5 Å². The van der Waals surface area contributed by atoms with Gasteiger partial charge in [-0.25, -0.2) is 4.98 Å². The molecule has 1 aliphatic carbocycles. The molecule has 4 aromatic carbocycles. The van der Waals surface area contributed by atoms with Gasteiger partial charge >= 0.3 is 0 Å². The van der Waals surface area contributed by atoms with Crippen molar-refractivity contribution in [3.05, 3.63) is 136 Å². The summed E-state index contributed by atoms with van der Waals surface area (Å²) in [4.78, 5) is 33.1. The van der Waals surface area contributed by atoms with Gasteiger partial charge in [-0.1, -0.05) is 85.1 Å². The van der Waals surface area contributed by atoms with E-state index in [9.17, 15) is 0 Å². The van der Waals surface area contributed by atoms with Crippen molar-refractivity contribution in [2.75, 3.05) is 54.0 Å². The summed E-state index contributed by atoms with van der Waals surface area (Å²) in [6.07, 6.45) is 11.7. The first-order valence-electron chi connectivity index (χ1n) is 28.9. The predicted octanol–water partition coefficient (Wildman–Crippen LogP) is 9.64. The number of ether oxygens (including phenoxy) is 2. The fourth-order valence-corrected chi connectivity index (χ4v) is 16.6. The van der Waals surface area contributed by atoms with Crippen molar-refractivity contribution in [2.45, 2.75) is 146 Å². The number of carbonyl (C=O) groups is 1. The third-order valence-electron chi connectivity index (χ3n) is 19.9. The zero-order chi connectivity index (χ0) is 53.6. The molecule has 6 aliphatic rings. The van der Waals surface area contributed by atoms with Crippen LogP contribution in [0.2, 0.25) is 10.0 Å². The van der Waals surface area contributed by atoms with Gasteiger partial charge in [-0.2, -0.15) is 0 Å². The number of halogens is 2. The van der Waals surface area contributed by atoms with Gasteiger partial charge in [0.1, 0.15) is 17.3 Å². The summed E-state index contributed by atoms with van der Waals surface area (Å²) in [6.45, 7) is 10.4. The highest BCUT2D eigenvalue weighted by atomic mass is 35.5. The number of carbonyl (C=O) groups excluding carboxylic acids is 1. The van der Waals surface area contributed by atoms with Gasteiger partial charge < -0.3 is 30.4 Å². The number of rotatable bonds is 18. The van der Waals surface area contributed by atoms with Crippen LogP contribution < -0.4 is 21.1 Å². The largest absolute Gasteiger partial charge is 0.457 e. The minimum absolute atomic E-state index is 0.0224. The summed E-state index contributed by atoms with van der Waals surface area (Å²) in [7, 11) is 8.59. The van der Waals surface area contributed by atoms with E-state index >= 15 is 4.79 Å². The van der Waals surface area contributed by atoms with Crippen LogP contribution >= 0.6 is 23.2 Å². The van der Waals surface area contributed by atoms with E-state index in [4.69, 9.17) is 43.4 Å². The van der Waals surface area contributed by atoms with Crippen LogP contribution in [0.5, 0.6) is 11.5 Å². The summed E-state index contributed by atoms with van der Waals surface area (Å²) in [6, 6.07) is 33.6.